The van der Waals surface area contributed by atoms with E-state index in [9.17, 15) is 29.3 Å². The van der Waals surface area contributed by atoms with Crippen LogP contribution in [0.2, 0.25) is 5.02 Å². The lowest BCUT2D eigenvalue weighted by atomic mass is 10.1. The zero-order valence-corrected chi connectivity index (χ0v) is 20.1. The van der Waals surface area contributed by atoms with Crippen LogP contribution in [0, 0.1) is 23.0 Å². The summed E-state index contributed by atoms with van der Waals surface area (Å²) in [7, 11) is 0. The van der Waals surface area contributed by atoms with Crippen LogP contribution in [0.15, 0.2) is 60.7 Å². The van der Waals surface area contributed by atoms with Gasteiger partial charge in [-0.3, -0.25) is 29.3 Å². The first-order chi connectivity index (χ1) is 17.7. The number of halogens is 1. The summed E-state index contributed by atoms with van der Waals surface area (Å²) in [5.74, 6) is -3.14. The van der Waals surface area contributed by atoms with Gasteiger partial charge < -0.3 is 9.64 Å². The Morgan fingerprint density at radius 1 is 1.05 bits per heavy atom. The SMILES string of the molecule is Cc1c(Cl)cccc1N1C[C@H](C(=O)Oc2cccc(N3C(=O)c4cccc([N+](=O)[O-])c4C3=O)c2)CC1=O. The second-order valence-electron chi connectivity index (χ2n) is 8.61. The second kappa shape index (κ2) is 9.14. The molecule has 186 valence electrons. The number of rotatable bonds is 5. The van der Waals surface area contributed by atoms with E-state index in [1.54, 1.807) is 25.1 Å². The Hall–Kier alpha value is -4.57. The number of nitro groups is 1. The van der Waals surface area contributed by atoms with Crippen molar-refractivity contribution in [3.05, 3.63) is 92.5 Å². The fourth-order valence-corrected chi connectivity index (χ4v) is 4.70. The largest absolute Gasteiger partial charge is 0.426 e. The van der Waals surface area contributed by atoms with E-state index in [2.05, 4.69) is 0 Å². The molecular weight excluding hydrogens is 502 g/mol. The number of amides is 3. The highest BCUT2D eigenvalue weighted by Gasteiger charge is 2.42. The summed E-state index contributed by atoms with van der Waals surface area (Å²) in [5, 5.41) is 11.9. The van der Waals surface area contributed by atoms with Gasteiger partial charge in [-0.25, -0.2) is 4.90 Å². The molecule has 0 radical (unpaired) electrons. The van der Waals surface area contributed by atoms with Gasteiger partial charge in [0.25, 0.3) is 17.5 Å². The molecule has 0 bridgehead atoms. The molecule has 3 aromatic rings. The lowest BCUT2D eigenvalue weighted by molar-refractivity contribution is -0.385. The quantitative estimate of drug-likeness (QED) is 0.161. The first-order valence-corrected chi connectivity index (χ1v) is 11.6. The van der Waals surface area contributed by atoms with Gasteiger partial charge in [-0.05, 0) is 42.8 Å². The molecule has 1 saturated heterocycles. The van der Waals surface area contributed by atoms with Crippen LogP contribution in [0.3, 0.4) is 0 Å². The van der Waals surface area contributed by atoms with Gasteiger partial charge in [-0.15, -0.1) is 0 Å². The standard InChI is InChI=1S/C26H18ClN3O7/c1-14-19(27)8-4-9-20(14)28-13-15(11-22(28)31)26(34)37-17-6-2-5-16(12-17)29-24(32)18-7-3-10-21(30(35)36)23(18)25(29)33/h2-10,12,15H,11,13H2,1H3/t15-/m1/s1. The van der Waals surface area contributed by atoms with E-state index in [0.29, 0.717) is 10.7 Å². The van der Waals surface area contributed by atoms with Gasteiger partial charge in [0.1, 0.15) is 11.3 Å². The maximum atomic E-state index is 13.0. The van der Waals surface area contributed by atoms with Gasteiger partial charge in [0.05, 0.1) is 22.1 Å². The number of imide groups is 1. The van der Waals surface area contributed by atoms with E-state index in [-0.39, 0.29) is 41.4 Å². The maximum absolute atomic E-state index is 13.0. The summed E-state index contributed by atoms with van der Waals surface area (Å²) < 4.78 is 5.49. The Bertz CT molecular complexity index is 1520. The van der Waals surface area contributed by atoms with E-state index in [1.807, 2.05) is 0 Å². The predicted molar refractivity (Wildman–Crippen MR) is 133 cm³/mol. The molecule has 11 heteroatoms. The number of fused-ring (bicyclic) bond motifs is 1. The summed E-state index contributed by atoms with van der Waals surface area (Å²) in [6, 6.07) is 14.8. The minimum Gasteiger partial charge on any atom is -0.426 e. The van der Waals surface area contributed by atoms with Gasteiger partial charge in [-0.1, -0.05) is 29.8 Å². The van der Waals surface area contributed by atoms with Gasteiger partial charge in [0.2, 0.25) is 5.91 Å². The number of esters is 1. The van der Waals surface area contributed by atoms with Gasteiger partial charge in [0.15, 0.2) is 0 Å². The van der Waals surface area contributed by atoms with Gasteiger partial charge in [0, 0.05) is 35.8 Å². The van der Waals surface area contributed by atoms with E-state index < -0.39 is 34.3 Å². The molecule has 0 saturated carbocycles. The molecule has 37 heavy (non-hydrogen) atoms. The molecule has 0 unspecified atom stereocenters. The van der Waals surface area contributed by atoms with Crippen LogP contribution in [0.4, 0.5) is 17.1 Å². The van der Waals surface area contributed by atoms with E-state index in [1.165, 1.54) is 41.3 Å². The number of nitro benzene ring substituents is 1. The number of nitrogens with zero attached hydrogens (tertiary/aromatic N) is 3. The van der Waals surface area contributed by atoms with Crippen molar-refractivity contribution in [3.63, 3.8) is 0 Å². The van der Waals surface area contributed by atoms with Crippen LogP contribution in [0.5, 0.6) is 5.75 Å². The fourth-order valence-electron chi connectivity index (χ4n) is 4.53. The zero-order valence-electron chi connectivity index (χ0n) is 19.3. The molecule has 2 aliphatic heterocycles. The molecule has 0 aromatic heterocycles. The Kier molecular flexibility index (Phi) is 5.96. The summed E-state index contributed by atoms with van der Waals surface area (Å²) in [5.41, 5.74) is 0.592. The van der Waals surface area contributed by atoms with Crippen LogP contribution < -0.4 is 14.5 Å². The Morgan fingerprint density at radius 3 is 2.54 bits per heavy atom. The normalized spacial score (nSPS) is 16.8. The summed E-state index contributed by atoms with van der Waals surface area (Å²) in [6.07, 6.45) is -0.0491. The van der Waals surface area contributed by atoms with Crippen LogP contribution in [-0.2, 0) is 9.59 Å². The molecule has 3 amide bonds. The molecule has 0 spiro atoms. The van der Waals surface area contributed by atoms with Crippen molar-refractivity contribution in [1.29, 1.82) is 0 Å². The number of carbonyl (C=O) groups is 4. The highest BCUT2D eigenvalue weighted by molar-refractivity contribution is 6.35. The lowest BCUT2D eigenvalue weighted by Gasteiger charge is -2.19. The van der Waals surface area contributed by atoms with Crippen LogP contribution >= 0.6 is 11.6 Å². The van der Waals surface area contributed by atoms with Gasteiger partial charge in [-0.2, -0.15) is 0 Å². The molecule has 0 aliphatic carbocycles. The molecular formula is C26H18ClN3O7. The molecule has 1 atom stereocenters. The summed E-state index contributed by atoms with van der Waals surface area (Å²) in [6.45, 7) is 1.90. The molecule has 0 N–H and O–H groups in total. The topological polar surface area (TPSA) is 127 Å². The second-order valence-corrected chi connectivity index (χ2v) is 9.02. The van der Waals surface area contributed by atoms with Crippen molar-refractivity contribution in [2.75, 3.05) is 16.3 Å². The summed E-state index contributed by atoms with van der Waals surface area (Å²) >= 11 is 6.17. The maximum Gasteiger partial charge on any atom is 0.316 e. The highest BCUT2D eigenvalue weighted by Crippen LogP contribution is 2.36. The van der Waals surface area contributed by atoms with E-state index >= 15 is 0 Å². The monoisotopic (exact) mass is 519 g/mol. The Balaban J connectivity index is 1.35. The van der Waals surface area contributed by atoms with Crippen molar-refractivity contribution < 1.29 is 28.8 Å². The number of carbonyl (C=O) groups excluding carboxylic acids is 4. The molecule has 10 nitrogen and oxygen atoms in total. The third-order valence-corrected chi connectivity index (χ3v) is 6.78. The number of benzene rings is 3. The first kappa shape index (κ1) is 24.1. The van der Waals surface area contributed by atoms with Crippen molar-refractivity contribution >= 4 is 52.4 Å². The molecule has 2 aliphatic rings. The third kappa shape index (κ3) is 4.11. The lowest BCUT2D eigenvalue weighted by Crippen LogP contribution is -2.29. The summed E-state index contributed by atoms with van der Waals surface area (Å²) in [4.78, 5) is 64.4. The van der Waals surface area contributed by atoms with Crippen molar-refractivity contribution in [1.82, 2.24) is 0 Å². The van der Waals surface area contributed by atoms with Crippen molar-refractivity contribution in [2.45, 2.75) is 13.3 Å². The minimum absolute atomic E-state index is 0.0491. The van der Waals surface area contributed by atoms with Crippen LogP contribution in [-0.4, -0.2) is 35.2 Å². The number of hydrogen-bond acceptors (Lipinski definition) is 7. The van der Waals surface area contributed by atoms with Crippen molar-refractivity contribution in [2.24, 2.45) is 5.92 Å². The third-order valence-electron chi connectivity index (χ3n) is 6.37. The Morgan fingerprint density at radius 2 is 1.78 bits per heavy atom. The highest BCUT2D eigenvalue weighted by atomic mass is 35.5. The molecule has 3 aromatic carbocycles. The average molecular weight is 520 g/mol. The fraction of sp³-hybridized carbons (Fsp3) is 0.154. The van der Waals surface area contributed by atoms with Crippen LogP contribution in [0.25, 0.3) is 0 Å². The van der Waals surface area contributed by atoms with Crippen LogP contribution in [0.1, 0.15) is 32.7 Å². The number of ether oxygens (including phenoxy) is 1. The average Bonchev–Trinajstić information content (AvgIpc) is 3.38. The Labute approximate surface area is 215 Å². The van der Waals surface area contributed by atoms with Gasteiger partial charge >= 0.3 is 5.97 Å². The number of anilines is 2. The van der Waals surface area contributed by atoms with E-state index in [0.717, 1.165) is 16.5 Å². The number of hydrogen-bond donors (Lipinski definition) is 0. The predicted octanol–water partition coefficient (Wildman–Crippen LogP) is 4.32. The molecule has 5 rings (SSSR count). The first-order valence-electron chi connectivity index (χ1n) is 11.2. The van der Waals surface area contributed by atoms with E-state index in [4.69, 9.17) is 16.3 Å². The molecule has 1 fully saturated rings. The zero-order chi connectivity index (χ0) is 26.4. The van der Waals surface area contributed by atoms with Crippen molar-refractivity contribution in [3.8, 4) is 5.75 Å². The minimum atomic E-state index is -0.843. The smallest absolute Gasteiger partial charge is 0.316 e. The molecule has 2 heterocycles.